The van der Waals surface area contributed by atoms with Crippen molar-refractivity contribution in [2.45, 2.75) is 12.8 Å². The van der Waals surface area contributed by atoms with E-state index in [-0.39, 0.29) is 17.9 Å². The Bertz CT molecular complexity index is 433. The number of rotatable bonds is 2. The Balaban J connectivity index is 1.95. The van der Waals surface area contributed by atoms with Crippen molar-refractivity contribution in [3.63, 3.8) is 0 Å². The first-order valence-electron chi connectivity index (χ1n) is 6.07. The van der Waals surface area contributed by atoms with Crippen molar-refractivity contribution in [1.29, 1.82) is 0 Å². The first-order valence-corrected chi connectivity index (χ1v) is 6.07. The van der Waals surface area contributed by atoms with Crippen molar-refractivity contribution in [3.8, 4) is 0 Å². The fraction of sp³-hybridized carbons (Fsp3) is 0.385. The van der Waals surface area contributed by atoms with Gasteiger partial charge in [0.1, 0.15) is 0 Å². The first-order chi connectivity index (χ1) is 8.66. The van der Waals surface area contributed by atoms with Crippen LogP contribution in [0.4, 0.5) is 10.5 Å². The summed E-state index contributed by atoms with van der Waals surface area (Å²) in [5.41, 5.74) is 6.04. The molecule has 1 fully saturated rings. The molecule has 1 heterocycles. The second-order valence-electron chi connectivity index (χ2n) is 4.48. The maximum Gasteiger partial charge on any atom is 0.321 e. The van der Waals surface area contributed by atoms with Gasteiger partial charge in [-0.25, -0.2) is 4.79 Å². The summed E-state index contributed by atoms with van der Waals surface area (Å²) in [6, 6.07) is 9.09. The van der Waals surface area contributed by atoms with Crippen LogP contribution in [0.25, 0.3) is 0 Å². The van der Waals surface area contributed by atoms with Crippen LogP contribution in [0.1, 0.15) is 12.8 Å². The van der Waals surface area contributed by atoms with Gasteiger partial charge in [-0.2, -0.15) is 0 Å². The highest BCUT2D eigenvalue weighted by molar-refractivity contribution is 5.89. The van der Waals surface area contributed by atoms with Crippen molar-refractivity contribution in [2.75, 3.05) is 18.4 Å². The summed E-state index contributed by atoms with van der Waals surface area (Å²) in [5, 5.41) is 2.81. The molecule has 5 heteroatoms. The molecule has 18 heavy (non-hydrogen) atoms. The molecule has 0 aromatic heterocycles. The summed E-state index contributed by atoms with van der Waals surface area (Å²) in [4.78, 5) is 24.8. The second-order valence-corrected chi connectivity index (χ2v) is 4.48. The van der Waals surface area contributed by atoms with Gasteiger partial charge in [0, 0.05) is 18.8 Å². The van der Waals surface area contributed by atoms with E-state index in [4.69, 9.17) is 5.73 Å². The molecule has 3 N–H and O–H groups in total. The molecule has 2 rings (SSSR count). The van der Waals surface area contributed by atoms with E-state index in [1.807, 2.05) is 30.3 Å². The molecule has 96 valence electrons. The van der Waals surface area contributed by atoms with Gasteiger partial charge in [-0.3, -0.25) is 4.79 Å². The lowest BCUT2D eigenvalue weighted by atomic mass is 9.98. The van der Waals surface area contributed by atoms with Crippen LogP contribution >= 0.6 is 0 Å². The minimum atomic E-state index is -0.327. The number of piperidine rings is 1. The third kappa shape index (κ3) is 3.00. The summed E-state index contributed by atoms with van der Waals surface area (Å²) in [7, 11) is 0. The van der Waals surface area contributed by atoms with Crippen LogP contribution in [-0.4, -0.2) is 29.9 Å². The number of hydrogen-bond acceptors (Lipinski definition) is 2. The lowest BCUT2D eigenvalue weighted by molar-refractivity contribution is -0.123. The number of carbonyl (C=O) groups excluding carboxylic acids is 2. The van der Waals surface area contributed by atoms with E-state index in [2.05, 4.69) is 5.32 Å². The van der Waals surface area contributed by atoms with Gasteiger partial charge < -0.3 is 16.0 Å². The highest BCUT2D eigenvalue weighted by Gasteiger charge is 2.26. The summed E-state index contributed by atoms with van der Waals surface area (Å²) >= 11 is 0. The fourth-order valence-electron chi connectivity index (χ4n) is 2.12. The van der Waals surface area contributed by atoms with E-state index in [0.29, 0.717) is 13.1 Å². The molecule has 0 saturated carbocycles. The molecule has 0 bridgehead atoms. The maximum absolute atomic E-state index is 12.0. The topological polar surface area (TPSA) is 75.4 Å². The zero-order valence-electron chi connectivity index (χ0n) is 10.1. The number of nitrogens with one attached hydrogen (secondary N) is 1. The fourth-order valence-corrected chi connectivity index (χ4v) is 2.12. The highest BCUT2D eigenvalue weighted by Crippen LogP contribution is 2.17. The van der Waals surface area contributed by atoms with Crippen LogP contribution < -0.4 is 11.1 Å². The molecule has 1 aliphatic heterocycles. The number of hydrogen-bond donors (Lipinski definition) is 2. The number of benzene rings is 1. The van der Waals surface area contributed by atoms with Crippen LogP contribution in [0.15, 0.2) is 30.3 Å². The van der Waals surface area contributed by atoms with Gasteiger partial charge in [0.15, 0.2) is 0 Å². The maximum atomic E-state index is 12.0. The number of carbonyl (C=O) groups is 2. The van der Waals surface area contributed by atoms with E-state index in [1.165, 1.54) is 0 Å². The Morgan fingerprint density at radius 1 is 1.28 bits per heavy atom. The SMILES string of the molecule is NC(=O)[C@@H]1CCCN(C(=O)Nc2ccccc2)C1. The molecule has 0 unspecified atom stereocenters. The predicted molar refractivity (Wildman–Crippen MR) is 69.0 cm³/mol. The zero-order valence-corrected chi connectivity index (χ0v) is 10.1. The van der Waals surface area contributed by atoms with Crippen LogP contribution in [-0.2, 0) is 4.79 Å². The number of amides is 3. The van der Waals surface area contributed by atoms with Gasteiger partial charge in [0.25, 0.3) is 0 Å². The number of primary amides is 1. The number of nitrogens with zero attached hydrogens (tertiary/aromatic N) is 1. The number of likely N-dealkylation sites (tertiary alicyclic amines) is 1. The van der Waals surface area contributed by atoms with Crippen molar-refractivity contribution in [3.05, 3.63) is 30.3 Å². The molecular weight excluding hydrogens is 230 g/mol. The second kappa shape index (κ2) is 5.53. The minimum absolute atomic E-state index is 0.174. The van der Waals surface area contributed by atoms with Crippen molar-refractivity contribution in [1.82, 2.24) is 4.90 Å². The molecule has 0 aliphatic carbocycles. The number of urea groups is 1. The number of nitrogens with two attached hydrogens (primary N) is 1. The van der Waals surface area contributed by atoms with Gasteiger partial charge in [-0.1, -0.05) is 18.2 Å². The standard InChI is InChI=1S/C13H17N3O2/c14-12(17)10-5-4-8-16(9-10)13(18)15-11-6-2-1-3-7-11/h1-3,6-7,10H,4-5,8-9H2,(H2,14,17)(H,15,18)/t10-/m1/s1. The number of anilines is 1. The minimum Gasteiger partial charge on any atom is -0.369 e. The van der Waals surface area contributed by atoms with Crippen molar-refractivity contribution >= 4 is 17.6 Å². The summed E-state index contributed by atoms with van der Waals surface area (Å²) in [5.74, 6) is -0.549. The molecule has 0 spiro atoms. The van der Waals surface area contributed by atoms with Gasteiger partial charge in [-0.05, 0) is 25.0 Å². The zero-order chi connectivity index (χ0) is 13.0. The van der Waals surface area contributed by atoms with Gasteiger partial charge in [0.05, 0.1) is 5.92 Å². The summed E-state index contributed by atoms with van der Waals surface area (Å²) in [6.07, 6.45) is 1.58. The Morgan fingerprint density at radius 2 is 2.00 bits per heavy atom. The molecular formula is C13H17N3O2. The Morgan fingerprint density at radius 3 is 2.67 bits per heavy atom. The van der Waals surface area contributed by atoms with E-state index in [1.54, 1.807) is 4.90 Å². The quantitative estimate of drug-likeness (QED) is 0.829. The van der Waals surface area contributed by atoms with Gasteiger partial charge >= 0.3 is 6.03 Å². The van der Waals surface area contributed by atoms with E-state index in [0.717, 1.165) is 18.5 Å². The molecule has 0 radical (unpaired) electrons. The van der Waals surface area contributed by atoms with E-state index >= 15 is 0 Å². The molecule has 5 nitrogen and oxygen atoms in total. The van der Waals surface area contributed by atoms with Crippen LogP contribution in [0.5, 0.6) is 0 Å². The van der Waals surface area contributed by atoms with E-state index in [9.17, 15) is 9.59 Å². The Hall–Kier alpha value is -2.04. The smallest absolute Gasteiger partial charge is 0.321 e. The normalized spacial score (nSPS) is 19.3. The van der Waals surface area contributed by atoms with Crippen LogP contribution in [0.3, 0.4) is 0 Å². The molecule has 1 aliphatic rings. The largest absolute Gasteiger partial charge is 0.369 e. The molecule has 3 amide bonds. The third-order valence-electron chi connectivity index (χ3n) is 3.14. The number of para-hydroxylation sites is 1. The van der Waals surface area contributed by atoms with Crippen molar-refractivity contribution < 1.29 is 9.59 Å². The Kier molecular flexibility index (Phi) is 3.82. The lowest BCUT2D eigenvalue weighted by Gasteiger charge is -2.31. The summed E-state index contributed by atoms with van der Waals surface area (Å²) in [6.45, 7) is 1.08. The first kappa shape index (κ1) is 12.4. The van der Waals surface area contributed by atoms with Gasteiger partial charge in [-0.15, -0.1) is 0 Å². The highest BCUT2D eigenvalue weighted by atomic mass is 16.2. The average Bonchev–Trinajstić information content (AvgIpc) is 2.40. The molecule has 1 saturated heterocycles. The van der Waals surface area contributed by atoms with Crippen LogP contribution in [0, 0.1) is 5.92 Å². The molecule has 1 aromatic rings. The third-order valence-corrected chi connectivity index (χ3v) is 3.14. The van der Waals surface area contributed by atoms with Crippen molar-refractivity contribution in [2.24, 2.45) is 11.7 Å². The van der Waals surface area contributed by atoms with Crippen LogP contribution in [0.2, 0.25) is 0 Å². The van der Waals surface area contributed by atoms with E-state index < -0.39 is 0 Å². The average molecular weight is 247 g/mol. The Labute approximate surface area is 106 Å². The predicted octanol–water partition coefficient (Wildman–Crippen LogP) is 1.42. The summed E-state index contributed by atoms with van der Waals surface area (Å²) < 4.78 is 0. The van der Waals surface area contributed by atoms with Gasteiger partial charge in [0.2, 0.25) is 5.91 Å². The monoisotopic (exact) mass is 247 g/mol. The lowest BCUT2D eigenvalue weighted by Crippen LogP contribution is -2.45. The molecule has 1 aromatic carbocycles. The molecule has 1 atom stereocenters.